The Morgan fingerprint density at radius 1 is 1.33 bits per heavy atom. The number of nitrogens with zero attached hydrogens (tertiary/aromatic N) is 3. The Balaban J connectivity index is 2.19. The van der Waals surface area contributed by atoms with Crippen LogP contribution < -0.4 is 11.5 Å². The molecule has 2 heterocycles. The second kappa shape index (κ2) is 7.99. The maximum absolute atomic E-state index is 9.84. The van der Waals surface area contributed by atoms with E-state index >= 15 is 0 Å². The summed E-state index contributed by atoms with van der Waals surface area (Å²) >= 11 is 7.31. The number of thiophene rings is 1. The first-order valence-electron chi connectivity index (χ1n) is 7.88. The van der Waals surface area contributed by atoms with Gasteiger partial charge in [0, 0.05) is 17.6 Å². The van der Waals surface area contributed by atoms with E-state index in [0.717, 1.165) is 27.9 Å². The van der Waals surface area contributed by atoms with Crippen LogP contribution in [0.4, 0.5) is 5.82 Å². The number of amidine groups is 1. The van der Waals surface area contributed by atoms with E-state index in [1.807, 2.05) is 12.1 Å². The molecule has 3 rings (SSSR count). The Hall–Kier alpha value is -3.21. The molecule has 0 aliphatic heterocycles. The van der Waals surface area contributed by atoms with Crippen molar-refractivity contribution in [2.75, 3.05) is 5.73 Å². The monoisotopic (exact) mass is 394 g/mol. The number of aromatic nitrogens is 1. The van der Waals surface area contributed by atoms with E-state index in [-0.39, 0.29) is 5.84 Å². The molecule has 27 heavy (non-hydrogen) atoms. The number of hydrogen-bond donors (Lipinski definition) is 3. The van der Waals surface area contributed by atoms with Gasteiger partial charge in [-0.2, -0.15) is 5.26 Å². The van der Waals surface area contributed by atoms with Crippen LogP contribution in [0.3, 0.4) is 0 Å². The predicted molar refractivity (Wildman–Crippen MR) is 110 cm³/mol. The van der Waals surface area contributed by atoms with Crippen molar-refractivity contribution in [2.45, 2.75) is 6.42 Å². The predicted octanol–water partition coefficient (Wildman–Crippen LogP) is 3.82. The van der Waals surface area contributed by atoms with Crippen molar-refractivity contribution in [1.82, 2.24) is 4.98 Å². The Morgan fingerprint density at radius 3 is 2.70 bits per heavy atom. The van der Waals surface area contributed by atoms with Crippen molar-refractivity contribution in [3.8, 4) is 16.5 Å². The molecule has 3 aromatic rings. The molecule has 0 aliphatic rings. The number of nitriles is 1. The smallest absolute Gasteiger partial charge is 0.142 e. The lowest BCUT2D eigenvalue weighted by Gasteiger charge is -2.05. The Morgan fingerprint density at radius 2 is 2.07 bits per heavy atom. The number of nitrogen functional groups attached to an aromatic ring is 1. The summed E-state index contributed by atoms with van der Waals surface area (Å²) in [4.78, 5) is 9.30. The largest absolute Gasteiger partial charge is 0.384 e. The standard InChI is InChI=1S/C19H15ClN6S/c20-13-3-1-11(2-4-13)7-14-15(9-21)17(12-5-6-25-16(23)8-12)27-18(14)19(24)26-10-22/h1-6,8,10H,7H2,(H2,23,25)(H3,22,24,26). The van der Waals surface area contributed by atoms with Crippen molar-refractivity contribution in [3.05, 3.63) is 69.2 Å². The number of halogens is 1. The second-order valence-corrected chi connectivity index (χ2v) is 7.10. The van der Waals surface area contributed by atoms with E-state index in [0.29, 0.717) is 27.7 Å². The number of nitrogens with one attached hydrogen (secondary N) is 1. The summed E-state index contributed by atoms with van der Waals surface area (Å²) in [6.07, 6.45) is 2.97. The van der Waals surface area contributed by atoms with Crippen molar-refractivity contribution >= 4 is 40.9 Å². The second-order valence-electron chi connectivity index (χ2n) is 5.64. The Labute approximate surface area is 165 Å². The average molecular weight is 395 g/mol. The minimum absolute atomic E-state index is 0.198. The van der Waals surface area contributed by atoms with Crippen LogP contribution in [0.25, 0.3) is 10.4 Å². The Bertz CT molecular complexity index is 1060. The van der Waals surface area contributed by atoms with E-state index in [4.69, 9.17) is 28.5 Å². The van der Waals surface area contributed by atoms with E-state index in [1.165, 1.54) is 11.3 Å². The van der Waals surface area contributed by atoms with Gasteiger partial charge in [0.2, 0.25) is 0 Å². The average Bonchev–Trinajstić information content (AvgIpc) is 3.02. The summed E-state index contributed by atoms with van der Waals surface area (Å²) in [5, 5.41) is 17.7. The minimum atomic E-state index is 0.198. The number of hydrogen-bond acceptors (Lipinski definition) is 5. The molecule has 2 aromatic heterocycles. The van der Waals surface area contributed by atoms with Crippen molar-refractivity contribution in [3.63, 3.8) is 0 Å². The molecule has 0 aliphatic carbocycles. The van der Waals surface area contributed by atoms with Gasteiger partial charge in [-0.25, -0.2) is 9.98 Å². The summed E-state index contributed by atoms with van der Waals surface area (Å²) in [5.74, 6) is 0.565. The molecule has 0 saturated carbocycles. The third-order valence-corrected chi connectivity index (χ3v) is 5.45. The zero-order valence-corrected chi connectivity index (χ0v) is 15.7. The van der Waals surface area contributed by atoms with Gasteiger partial charge in [0.15, 0.2) is 0 Å². The topological polar surface area (TPSA) is 125 Å². The molecule has 0 atom stereocenters. The van der Waals surface area contributed by atoms with Crippen LogP contribution in [-0.4, -0.2) is 17.2 Å². The van der Waals surface area contributed by atoms with Crippen LogP contribution in [0.15, 0.2) is 47.6 Å². The summed E-state index contributed by atoms with van der Waals surface area (Å²) in [5.41, 5.74) is 14.9. The van der Waals surface area contributed by atoms with Gasteiger partial charge in [0.1, 0.15) is 24.1 Å². The fourth-order valence-corrected chi connectivity index (χ4v) is 3.99. The number of nitrogens with two attached hydrogens (primary N) is 2. The highest BCUT2D eigenvalue weighted by molar-refractivity contribution is 7.18. The van der Waals surface area contributed by atoms with Crippen LogP contribution in [0, 0.1) is 16.7 Å². The fraction of sp³-hybridized carbons (Fsp3) is 0.0526. The normalized spacial score (nSPS) is 11.2. The van der Waals surface area contributed by atoms with Gasteiger partial charge >= 0.3 is 0 Å². The molecule has 0 amide bonds. The van der Waals surface area contributed by atoms with Gasteiger partial charge in [-0.3, -0.25) is 5.41 Å². The van der Waals surface area contributed by atoms with Crippen LogP contribution >= 0.6 is 22.9 Å². The zero-order valence-electron chi connectivity index (χ0n) is 14.1. The van der Waals surface area contributed by atoms with Gasteiger partial charge in [0.25, 0.3) is 0 Å². The third kappa shape index (κ3) is 3.97. The molecule has 0 radical (unpaired) electrons. The van der Waals surface area contributed by atoms with Crippen molar-refractivity contribution in [1.29, 1.82) is 10.7 Å². The molecule has 5 N–H and O–H groups in total. The maximum atomic E-state index is 9.84. The van der Waals surface area contributed by atoms with Crippen LogP contribution in [0.2, 0.25) is 5.02 Å². The van der Waals surface area contributed by atoms with Gasteiger partial charge < -0.3 is 11.5 Å². The lowest BCUT2D eigenvalue weighted by molar-refractivity contribution is 1.19. The summed E-state index contributed by atoms with van der Waals surface area (Å²) < 4.78 is 0. The lowest BCUT2D eigenvalue weighted by Crippen LogP contribution is -2.14. The van der Waals surface area contributed by atoms with Gasteiger partial charge in [0.05, 0.1) is 15.3 Å². The zero-order chi connectivity index (χ0) is 19.4. The molecular weight excluding hydrogens is 380 g/mol. The lowest BCUT2D eigenvalue weighted by atomic mass is 9.98. The van der Waals surface area contributed by atoms with E-state index in [9.17, 15) is 5.26 Å². The van der Waals surface area contributed by atoms with Gasteiger partial charge in [-0.05, 0) is 41.0 Å². The van der Waals surface area contributed by atoms with Crippen molar-refractivity contribution in [2.24, 2.45) is 10.7 Å². The number of aliphatic imine (C=N–C) groups is 1. The highest BCUT2D eigenvalue weighted by Crippen LogP contribution is 2.38. The number of pyridine rings is 1. The number of benzene rings is 1. The first-order valence-corrected chi connectivity index (χ1v) is 9.07. The molecule has 0 saturated heterocycles. The van der Waals surface area contributed by atoms with E-state index in [1.54, 1.807) is 30.5 Å². The number of rotatable bonds is 5. The van der Waals surface area contributed by atoms with Gasteiger partial charge in [-0.1, -0.05) is 23.7 Å². The van der Waals surface area contributed by atoms with E-state index in [2.05, 4.69) is 16.0 Å². The molecule has 1 aromatic carbocycles. The Kier molecular flexibility index (Phi) is 5.50. The minimum Gasteiger partial charge on any atom is -0.384 e. The van der Waals surface area contributed by atoms with Crippen LogP contribution in [0.1, 0.15) is 21.6 Å². The summed E-state index contributed by atoms with van der Waals surface area (Å²) in [7, 11) is 0. The first kappa shape index (κ1) is 18.6. The molecule has 0 fully saturated rings. The molecule has 0 unspecified atom stereocenters. The molecule has 134 valence electrons. The molecule has 6 nitrogen and oxygen atoms in total. The third-order valence-electron chi connectivity index (χ3n) is 3.89. The summed E-state index contributed by atoms with van der Waals surface area (Å²) in [6, 6.07) is 13.2. The molecular formula is C19H15ClN6S. The highest BCUT2D eigenvalue weighted by Gasteiger charge is 2.22. The maximum Gasteiger partial charge on any atom is 0.142 e. The molecule has 0 bridgehead atoms. The highest BCUT2D eigenvalue weighted by atomic mass is 35.5. The van der Waals surface area contributed by atoms with Crippen LogP contribution in [-0.2, 0) is 6.42 Å². The molecule has 0 spiro atoms. The SMILES string of the molecule is N#Cc1c(-c2ccnc(N)c2)sc(C(N)=NC=N)c1Cc1ccc(Cl)cc1. The summed E-state index contributed by atoms with van der Waals surface area (Å²) in [6.45, 7) is 0. The number of anilines is 1. The van der Waals surface area contributed by atoms with E-state index < -0.39 is 0 Å². The van der Waals surface area contributed by atoms with Gasteiger partial charge in [-0.15, -0.1) is 11.3 Å². The van der Waals surface area contributed by atoms with Crippen LogP contribution in [0.5, 0.6) is 0 Å². The first-order chi connectivity index (χ1) is 13.0. The quantitative estimate of drug-likeness (QED) is 0.449. The fourth-order valence-electron chi connectivity index (χ4n) is 2.69. The molecule has 8 heteroatoms. The van der Waals surface area contributed by atoms with Crippen molar-refractivity contribution < 1.29 is 0 Å².